The molecule has 0 spiro atoms. The summed E-state index contributed by atoms with van der Waals surface area (Å²) < 4.78 is 14.9. The molecular weight excluding hydrogens is 492 g/mol. The molecule has 0 bridgehead atoms. The van der Waals surface area contributed by atoms with E-state index in [0.29, 0.717) is 12.5 Å². The number of carboxylic acids is 2. The molecule has 4 rings (SSSR count). The van der Waals surface area contributed by atoms with Gasteiger partial charge in [0.25, 0.3) is 5.88 Å². The highest BCUT2D eigenvalue weighted by molar-refractivity contribution is 7.12. The van der Waals surface area contributed by atoms with Crippen LogP contribution < -0.4 is 9.64 Å². The number of amidine groups is 1. The zero-order valence-electron chi connectivity index (χ0n) is 19.8. The van der Waals surface area contributed by atoms with Gasteiger partial charge >= 0.3 is 11.9 Å². The number of aliphatic carboxylic acids is 2. The molecule has 1 unspecified atom stereocenters. The van der Waals surface area contributed by atoms with Crippen LogP contribution in [0.1, 0.15) is 42.4 Å². The van der Waals surface area contributed by atoms with E-state index >= 15 is 0 Å². The van der Waals surface area contributed by atoms with Crippen molar-refractivity contribution >= 4 is 53.0 Å². The molecule has 11 nitrogen and oxygen atoms in total. The van der Waals surface area contributed by atoms with Crippen LogP contribution in [-0.4, -0.2) is 80.9 Å². The number of carboxylic acid groups (broad SMARTS) is 2. The molecule has 13 heteroatoms. The van der Waals surface area contributed by atoms with Crippen LogP contribution in [-0.2, 0) is 22.4 Å². The van der Waals surface area contributed by atoms with Crippen LogP contribution in [0.3, 0.4) is 0 Å². The van der Waals surface area contributed by atoms with Gasteiger partial charge in [-0.3, -0.25) is 14.8 Å². The topological polar surface area (TPSA) is 141 Å². The molecule has 190 valence electrons. The highest BCUT2D eigenvalue weighted by Crippen LogP contribution is 2.30. The van der Waals surface area contributed by atoms with Crippen molar-refractivity contribution in [2.24, 2.45) is 9.98 Å². The number of likely N-dealkylation sites (N-methyl/N-ethyl adjacent to an activating group) is 1. The predicted molar refractivity (Wildman–Crippen MR) is 136 cm³/mol. The summed E-state index contributed by atoms with van der Waals surface area (Å²) in [5.74, 6) is -1.35. The van der Waals surface area contributed by atoms with E-state index in [1.165, 1.54) is 47.2 Å². The van der Waals surface area contributed by atoms with E-state index in [1.807, 2.05) is 11.3 Å². The molecule has 35 heavy (non-hydrogen) atoms. The van der Waals surface area contributed by atoms with Crippen molar-refractivity contribution in [2.75, 3.05) is 31.8 Å². The molecule has 2 aliphatic heterocycles. The molecule has 2 aromatic heterocycles. The van der Waals surface area contributed by atoms with Crippen LogP contribution in [0.5, 0.6) is 5.88 Å². The lowest BCUT2D eigenvalue weighted by molar-refractivity contribution is -0.159. The molecule has 2 aliphatic rings. The first-order valence-electron chi connectivity index (χ1n) is 11.4. The van der Waals surface area contributed by atoms with Crippen LogP contribution in [0.25, 0.3) is 0 Å². The molecule has 0 aromatic carbocycles. The van der Waals surface area contributed by atoms with Crippen LogP contribution in [0, 0.1) is 0 Å². The molecule has 1 saturated heterocycles. The average molecular weight is 523 g/mol. The average Bonchev–Trinajstić information content (AvgIpc) is 3.58. The lowest BCUT2D eigenvalue weighted by Gasteiger charge is -2.36. The Labute approximate surface area is 212 Å². The largest absolute Gasteiger partial charge is 0.474 e. The SMILES string of the molecule is CCCCCc1ccc(CCCOc2nsnc2N2CN(C)CC3N=CN=C32)s1.O=C(O)C(=O)O. The van der Waals surface area contributed by atoms with Gasteiger partial charge in [-0.05, 0) is 44.9 Å². The van der Waals surface area contributed by atoms with E-state index in [-0.39, 0.29) is 6.04 Å². The van der Waals surface area contributed by atoms with Gasteiger partial charge in [-0.25, -0.2) is 14.6 Å². The zero-order valence-corrected chi connectivity index (χ0v) is 21.4. The summed E-state index contributed by atoms with van der Waals surface area (Å²) in [6.45, 7) is 4.48. The maximum Gasteiger partial charge on any atom is 0.414 e. The Bertz CT molecular complexity index is 1040. The Hall–Kier alpha value is -2.90. The fraction of sp³-hybridized carbons (Fsp3) is 0.545. The second-order valence-electron chi connectivity index (χ2n) is 8.16. The van der Waals surface area contributed by atoms with Crippen molar-refractivity contribution in [3.05, 3.63) is 21.9 Å². The summed E-state index contributed by atoms with van der Waals surface area (Å²) in [5.41, 5.74) is 0. The van der Waals surface area contributed by atoms with Gasteiger partial charge in [0.1, 0.15) is 18.2 Å². The zero-order chi connectivity index (χ0) is 25.2. The van der Waals surface area contributed by atoms with E-state index in [1.54, 1.807) is 6.34 Å². The van der Waals surface area contributed by atoms with Gasteiger partial charge in [0.05, 0.1) is 25.0 Å². The van der Waals surface area contributed by atoms with Gasteiger partial charge in [0.2, 0.25) is 5.82 Å². The third-order valence-corrected chi connectivity index (χ3v) is 7.02. The number of anilines is 1. The van der Waals surface area contributed by atoms with Crippen LogP contribution in [0.4, 0.5) is 5.82 Å². The Morgan fingerprint density at radius 3 is 2.51 bits per heavy atom. The predicted octanol–water partition coefficient (Wildman–Crippen LogP) is 3.02. The number of thiophene rings is 1. The van der Waals surface area contributed by atoms with Gasteiger partial charge in [0.15, 0.2) is 0 Å². The second-order valence-corrected chi connectivity index (χ2v) is 9.94. The molecule has 4 heterocycles. The summed E-state index contributed by atoms with van der Waals surface area (Å²) in [4.78, 5) is 34.3. The number of nitrogens with zero attached hydrogens (tertiary/aromatic N) is 6. The van der Waals surface area contributed by atoms with E-state index in [4.69, 9.17) is 24.5 Å². The standard InChI is InChI=1S/C20H28N6OS2.C2H2O4/c1-3-4-5-7-15-9-10-16(28-15)8-6-11-27-20-19(23-29-24-20)26-14-25(2)12-17-18(26)22-13-21-17;3-1(4)2(5)6/h9-10,13,17H,3-8,11-12,14H2,1-2H3;(H,3,4)(H,5,6). The summed E-state index contributed by atoms with van der Waals surface area (Å²) in [5, 5.41) is 14.8. The smallest absolute Gasteiger partial charge is 0.414 e. The van der Waals surface area contributed by atoms with Crippen molar-refractivity contribution < 1.29 is 24.5 Å². The minimum Gasteiger partial charge on any atom is -0.474 e. The molecule has 0 radical (unpaired) electrons. The Balaban J connectivity index is 0.000000509. The summed E-state index contributed by atoms with van der Waals surface area (Å²) >= 11 is 3.13. The fourth-order valence-electron chi connectivity index (χ4n) is 3.63. The molecule has 2 N–H and O–H groups in total. The van der Waals surface area contributed by atoms with E-state index in [2.05, 4.69) is 54.6 Å². The Morgan fingerprint density at radius 1 is 1.11 bits per heavy atom. The van der Waals surface area contributed by atoms with Gasteiger partial charge in [-0.1, -0.05) is 19.8 Å². The maximum atomic E-state index is 9.10. The van der Waals surface area contributed by atoms with E-state index in [9.17, 15) is 0 Å². The molecule has 1 atom stereocenters. The number of rotatable bonds is 10. The lowest BCUT2D eigenvalue weighted by atomic mass is 10.2. The number of aromatic nitrogens is 2. The number of carbonyl (C=O) groups is 2. The molecule has 0 aliphatic carbocycles. The molecule has 2 aromatic rings. The molecule has 0 saturated carbocycles. The van der Waals surface area contributed by atoms with Crippen molar-refractivity contribution in [2.45, 2.75) is 51.5 Å². The van der Waals surface area contributed by atoms with E-state index < -0.39 is 11.9 Å². The minimum absolute atomic E-state index is 0.0775. The van der Waals surface area contributed by atoms with Crippen LogP contribution >= 0.6 is 23.1 Å². The fourth-order valence-corrected chi connectivity index (χ4v) is 5.24. The third-order valence-electron chi connectivity index (χ3n) is 5.31. The first-order chi connectivity index (χ1) is 16.9. The Morgan fingerprint density at radius 2 is 1.83 bits per heavy atom. The minimum atomic E-state index is -1.82. The van der Waals surface area contributed by atoms with Crippen molar-refractivity contribution in [3.8, 4) is 5.88 Å². The summed E-state index contributed by atoms with van der Waals surface area (Å²) in [7, 11) is 2.08. The highest BCUT2D eigenvalue weighted by Gasteiger charge is 2.35. The number of aliphatic imine (C=N–C) groups is 2. The third kappa shape index (κ3) is 7.80. The maximum absolute atomic E-state index is 9.10. The normalized spacial score (nSPS) is 16.9. The first-order valence-corrected chi connectivity index (χ1v) is 13.0. The number of hydrogen-bond donors (Lipinski definition) is 2. The number of aryl methyl sites for hydroxylation is 2. The lowest BCUT2D eigenvalue weighted by Crippen LogP contribution is -2.53. The number of ether oxygens (including phenoxy) is 1. The number of fused-ring (bicyclic) bond motifs is 1. The number of hydrogen-bond acceptors (Lipinski definition) is 11. The first kappa shape index (κ1) is 26.7. The number of unbranched alkanes of at least 4 members (excludes halogenated alkanes) is 2. The molecule has 1 fully saturated rings. The Kier molecular flexibility index (Phi) is 10.1. The van der Waals surface area contributed by atoms with Crippen LogP contribution in [0.2, 0.25) is 0 Å². The second kappa shape index (κ2) is 13.3. The monoisotopic (exact) mass is 522 g/mol. The van der Waals surface area contributed by atoms with Gasteiger partial charge < -0.3 is 14.9 Å². The van der Waals surface area contributed by atoms with Crippen molar-refractivity contribution in [1.29, 1.82) is 0 Å². The van der Waals surface area contributed by atoms with Crippen LogP contribution in [0.15, 0.2) is 22.1 Å². The van der Waals surface area contributed by atoms with Crippen molar-refractivity contribution in [3.63, 3.8) is 0 Å². The highest BCUT2D eigenvalue weighted by atomic mass is 32.1. The summed E-state index contributed by atoms with van der Waals surface area (Å²) in [6.07, 6.45) is 8.75. The van der Waals surface area contributed by atoms with E-state index in [0.717, 1.165) is 37.7 Å². The quantitative estimate of drug-likeness (QED) is 0.356. The molecule has 0 amide bonds. The summed E-state index contributed by atoms with van der Waals surface area (Å²) in [6, 6.07) is 4.63. The van der Waals surface area contributed by atoms with Gasteiger partial charge in [0, 0.05) is 16.3 Å². The van der Waals surface area contributed by atoms with Gasteiger partial charge in [-0.2, -0.15) is 4.37 Å². The van der Waals surface area contributed by atoms with Crippen molar-refractivity contribution in [1.82, 2.24) is 13.6 Å². The van der Waals surface area contributed by atoms with Gasteiger partial charge in [-0.15, -0.1) is 15.7 Å². The molecular formula is C22H30N6O5S2.